The molecule has 3 N–H and O–H groups in total. The minimum absolute atomic E-state index is 0.365. The number of rotatable bonds is 1. The molecule has 1 aromatic heterocycles. The van der Waals surface area contributed by atoms with E-state index in [0.717, 1.165) is 5.92 Å². The summed E-state index contributed by atoms with van der Waals surface area (Å²) in [7, 11) is 0. The summed E-state index contributed by atoms with van der Waals surface area (Å²) in [5, 5.41) is 3.22. The van der Waals surface area contributed by atoms with Crippen LogP contribution in [-0.4, -0.2) is 23.1 Å². The maximum Gasteiger partial charge on any atom is 0.219 e. The normalized spacial score (nSPS) is 19.5. The largest absolute Gasteiger partial charge is 0.368 e. The van der Waals surface area contributed by atoms with Gasteiger partial charge >= 0.3 is 0 Å². The number of nitrogens with two attached hydrogens (primary N) is 1. The van der Waals surface area contributed by atoms with Crippen molar-refractivity contribution in [2.24, 2.45) is 0 Å². The Balaban J connectivity index is 0.000000144. The van der Waals surface area contributed by atoms with E-state index in [9.17, 15) is 0 Å². The maximum absolute atomic E-state index is 5.33. The molecule has 1 aromatic rings. The molecule has 1 aliphatic heterocycles. The molecule has 0 atom stereocenters. The minimum atomic E-state index is 0.365. The number of nitrogens with one attached hydrogen (secondary N) is 1. The van der Waals surface area contributed by atoms with Crippen LogP contribution in [0.1, 0.15) is 37.2 Å². The third-order valence-corrected chi connectivity index (χ3v) is 2.70. The first-order valence-corrected chi connectivity index (χ1v) is 5.64. The van der Waals surface area contributed by atoms with Crippen molar-refractivity contribution in [2.45, 2.75) is 31.6 Å². The molecule has 0 amide bonds. The van der Waals surface area contributed by atoms with Gasteiger partial charge in [-0.25, -0.2) is 9.97 Å². The second kappa shape index (κ2) is 5.07. The Morgan fingerprint density at radius 2 is 1.73 bits per heavy atom. The number of hydrogen-bond acceptors (Lipinski definition) is 4. The van der Waals surface area contributed by atoms with Crippen LogP contribution in [-0.2, 0) is 0 Å². The van der Waals surface area contributed by atoms with Crippen LogP contribution in [0, 0.1) is 0 Å². The summed E-state index contributed by atoms with van der Waals surface area (Å²) < 4.78 is 0. The smallest absolute Gasteiger partial charge is 0.219 e. The molecular formula is C11H18N4. The van der Waals surface area contributed by atoms with Gasteiger partial charge in [0.15, 0.2) is 0 Å². The quantitative estimate of drug-likeness (QED) is 0.727. The number of nitrogen functional groups attached to an aromatic ring is 1. The Kier molecular flexibility index (Phi) is 3.50. The van der Waals surface area contributed by atoms with Gasteiger partial charge in [0.05, 0.1) is 0 Å². The summed E-state index contributed by atoms with van der Waals surface area (Å²) in [6.45, 7) is 2.50. The third-order valence-electron chi connectivity index (χ3n) is 2.70. The highest BCUT2D eigenvalue weighted by Gasteiger charge is 2.23. The van der Waals surface area contributed by atoms with Crippen molar-refractivity contribution in [1.82, 2.24) is 15.3 Å². The zero-order valence-corrected chi connectivity index (χ0v) is 8.95. The maximum atomic E-state index is 5.33. The molecule has 1 aliphatic carbocycles. The molecule has 0 bridgehead atoms. The van der Waals surface area contributed by atoms with E-state index in [-0.39, 0.29) is 0 Å². The van der Waals surface area contributed by atoms with Gasteiger partial charge in [0.2, 0.25) is 5.95 Å². The van der Waals surface area contributed by atoms with Gasteiger partial charge in [0.25, 0.3) is 0 Å². The van der Waals surface area contributed by atoms with E-state index >= 15 is 0 Å². The Morgan fingerprint density at radius 1 is 1.13 bits per heavy atom. The lowest BCUT2D eigenvalue weighted by molar-refractivity contribution is 0.857. The zero-order valence-electron chi connectivity index (χ0n) is 8.95. The molecule has 3 rings (SSSR count). The average Bonchev–Trinajstić information content (AvgIpc) is 2.93. The Bertz CT molecular complexity index is 280. The molecule has 2 heterocycles. The van der Waals surface area contributed by atoms with E-state index in [0.29, 0.717) is 5.95 Å². The summed E-state index contributed by atoms with van der Waals surface area (Å²) in [5.41, 5.74) is 6.56. The summed E-state index contributed by atoms with van der Waals surface area (Å²) in [6.07, 6.45) is 8.99. The number of anilines is 1. The Morgan fingerprint density at radius 3 is 2.13 bits per heavy atom. The fourth-order valence-electron chi connectivity index (χ4n) is 1.60. The average molecular weight is 206 g/mol. The molecule has 4 nitrogen and oxygen atoms in total. The molecule has 2 aliphatic rings. The molecular weight excluding hydrogens is 188 g/mol. The molecule has 0 unspecified atom stereocenters. The molecule has 0 spiro atoms. The van der Waals surface area contributed by atoms with Crippen molar-refractivity contribution < 1.29 is 0 Å². The predicted molar refractivity (Wildman–Crippen MR) is 60.5 cm³/mol. The predicted octanol–water partition coefficient (Wildman–Crippen LogP) is 1.31. The van der Waals surface area contributed by atoms with Crippen LogP contribution < -0.4 is 11.1 Å². The second-order valence-corrected chi connectivity index (χ2v) is 4.11. The third kappa shape index (κ3) is 3.47. The molecule has 4 heteroatoms. The Labute approximate surface area is 90.3 Å². The lowest BCUT2D eigenvalue weighted by Gasteiger charge is -1.94. The first kappa shape index (κ1) is 10.4. The van der Waals surface area contributed by atoms with Crippen LogP contribution in [0.25, 0.3) is 0 Å². The number of nitrogens with zero attached hydrogens (tertiary/aromatic N) is 2. The highest BCUT2D eigenvalue weighted by Crippen LogP contribution is 2.39. The van der Waals surface area contributed by atoms with Crippen molar-refractivity contribution in [1.29, 1.82) is 0 Å². The monoisotopic (exact) mass is 206 g/mol. The van der Waals surface area contributed by atoms with Crippen LogP contribution in [0.2, 0.25) is 0 Å². The van der Waals surface area contributed by atoms with E-state index in [2.05, 4.69) is 15.3 Å². The van der Waals surface area contributed by atoms with Gasteiger partial charge in [0, 0.05) is 12.4 Å². The molecule has 0 radical (unpaired) electrons. The van der Waals surface area contributed by atoms with Gasteiger partial charge in [-0.1, -0.05) is 0 Å². The fourth-order valence-corrected chi connectivity index (χ4v) is 1.60. The molecule has 15 heavy (non-hydrogen) atoms. The lowest BCUT2D eigenvalue weighted by Crippen LogP contribution is -2.03. The highest BCUT2D eigenvalue weighted by atomic mass is 15.0. The van der Waals surface area contributed by atoms with Crippen molar-refractivity contribution in [3.05, 3.63) is 18.0 Å². The molecule has 82 valence electrons. The first-order valence-electron chi connectivity index (χ1n) is 5.64. The molecule has 1 saturated heterocycles. The van der Waals surface area contributed by atoms with Crippen molar-refractivity contribution >= 4 is 5.95 Å². The zero-order chi connectivity index (χ0) is 10.5. The fraction of sp³-hybridized carbons (Fsp3) is 0.636. The van der Waals surface area contributed by atoms with E-state index in [1.165, 1.54) is 44.3 Å². The number of aromatic nitrogens is 2. The van der Waals surface area contributed by atoms with Crippen LogP contribution in [0.15, 0.2) is 12.4 Å². The summed E-state index contributed by atoms with van der Waals surface area (Å²) >= 11 is 0. The number of hydrogen-bond donors (Lipinski definition) is 2. The van der Waals surface area contributed by atoms with Gasteiger partial charge in [-0.05, 0) is 50.3 Å². The van der Waals surface area contributed by atoms with E-state index in [4.69, 9.17) is 5.73 Å². The van der Waals surface area contributed by atoms with Crippen LogP contribution >= 0.6 is 0 Å². The first-order chi connectivity index (χ1) is 7.36. The Hall–Kier alpha value is -1.16. The summed E-state index contributed by atoms with van der Waals surface area (Å²) in [6, 6.07) is 0. The second-order valence-electron chi connectivity index (χ2n) is 4.11. The van der Waals surface area contributed by atoms with Gasteiger partial charge < -0.3 is 11.1 Å². The topological polar surface area (TPSA) is 63.8 Å². The minimum Gasteiger partial charge on any atom is -0.368 e. The van der Waals surface area contributed by atoms with Gasteiger partial charge in [0.1, 0.15) is 0 Å². The van der Waals surface area contributed by atoms with E-state index < -0.39 is 0 Å². The van der Waals surface area contributed by atoms with Gasteiger partial charge in [-0.2, -0.15) is 0 Å². The van der Waals surface area contributed by atoms with Crippen molar-refractivity contribution in [3.8, 4) is 0 Å². The standard InChI is InChI=1S/C7H9N3.C4H9N/c8-7-9-3-6(4-10-7)5-1-2-5;1-2-4-5-3-1/h3-5H,1-2H2,(H2,8,9,10);5H,1-4H2. The summed E-state index contributed by atoms with van der Waals surface area (Å²) in [4.78, 5) is 7.81. The van der Waals surface area contributed by atoms with E-state index in [1.54, 1.807) is 0 Å². The van der Waals surface area contributed by atoms with Gasteiger partial charge in [-0.15, -0.1) is 0 Å². The van der Waals surface area contributed by atoms with Crippen molar-refractivity contribution in [2.75, 3.05) is 18.8 Å². The molecule has 1 saturated carbocycles. The molecule has 0 aromatic carbocycles. The van der Waals surface area contributed by atoms with Gasteiger partial charge in [-0.3, -0.25) is 0 Å². The van der Waals surface area contributed by atoms with Crippen LogP contribution in [0.4, 0.5) is 5.95 Å². The van der Waals surface area contributed by atoms with E-state index in [1.807, 2.05) is 12.4 Å². The SMILES string of the molecule is C1CCNC1.Nc1ncc(C2CC2)cn1. The summed E-state index contributed by atoms with van der Waals surface area (Å²) in [5.74, 6) is 1.09. The molecule has 2 fully saturated rings. The van der Waals surface area contributed by atoms with Crippen molar-refractivity contribution in [3.63, 3.8) is 0 Å². The van der Waals surface area contributed by atoms with Crippen LogP contribution in [0.5, 0.6) is 0 Å². The highest BCUT2D eigenvalue weighted by molar-refractivity contribution is 5.22. The lowest BCUT2D eigenvalue weighted by atomic mass is 10.2. The van der Waals surface area contributed by atoms with Crippen LogP contribution in [0.3, 0.4) is 0 Å².